The minimum Gasteiger partial charge on any atom is -0.492 e. The molecule has 0 saturated carbocycles. The minimum absolute atomic E-state index is 0.614. The van der Waals surface area contributed by atoms with Crippen molar-refractivity contribution in [2.45, 2.75) is 26.2 Å². The second-order valence-corrected chi connectivity index (χ2v) is 12.2. The summed E-state index contributed by atoms with van der Waals surface area (Å²) in [5, 5.41) is 2.68. The zero-order valence-corrected chi connectivity index (χ0v) is 18.7. The fourth-order valence-electron chi connectivity index (χ4n) is 2.26. The van der Waals surface area contributed by atoms with Gasteiger partial charge >= 0.3 is 0 Å². The van der Waals surface area contributed by atoms with Crippen molar-refractivity contribution >= 4 is 28.0 Å². The van der Waals surface area contributed by atoms with E-state index in [-0.39, 0.29) is 0 Å². The highest BCUT2D eigenvalue weighted by Crippen LogP contribution is 2.17. The van der Waals surface area contributed by atoms with E-state index < -0.39 is 17.6 Å². The number of nitrogens with zero attached hydrogens (tertiary/aromatic N) is 2. The summed E-state index contributed by atoms with van der Waals surface area (Å²) in [5.74, 6) is 2.13. The van der Waals surface area contributed by atoms with Gasteiger partial charge in [0, 0.05) is 13.1 Å². The molecule has 136 valence electrons. The molecule has 0 heterocycles. The standard InChI is InChI=1S/C18H34N2O2Si2/c1-19(2)9-11-21-15-13-18(24(7)8)16(14-17(15)23(5)6)22-12-10-20(3)4/h13-14H,9-12H2,1-8H3. The van der Waals surface area contributed by atoms with Crippen LogP contribution in [0.3, 0.4) is 0 Å². The van der Waals surface area contributed by atoms with Crippen LogP contribution in [-0.4, -0.2) is 81.9 Å². The van der Waals surface area contributed by atoms with Gasteiger partial charge in [0.05, 0.1) is 17.6 Å². The Morgan fingerprint density at radius 2 is 1.04 bits per heavy atom. The molecule has 0 aromatic heterocycles. The Morgan fingerprint density at radius 3 is 1.29 bits per heavy atom. The number of benzene rings is 1. The Kier molecular flexibility index (Phi) is 9.04. The van der Waals surface area contributed by atoms with Crippen LogP contribution in [0, 0.1) is 0 Å². The van der Waals surface area contributed by atoms with E-state index in [1.54, 1.807) is 0 Å². The van der Waals surface area contributed by atoms with Crippen LogP contribution in [0.5, 0.6) is 11.5 Å². The summed E-state index contributed by atoms with van der Waals surface area (Å²) >= 11 is 0. The quantitative estimate of drug-likeness (QED) is 0.586. The van der Waals surface area contributed by atoms with E-state index in [4.69, 9.17) is 9.47 Å². The molecule has 0 bridgehead atoms. The third-order valence-corrected chi connectivity index (χ3v) is 6.69. The van der Waals surface area contributed by atoms with Crippen molar-refractivity contribution in [1.29, 1.82) is 0 Å². The Labute approximate surface area is 152 Å². The molecule has 1 aromatic carbocycles. The van der Waals surface area contributed by atoms with Crippen LogP contribution in [0.1, 0.15) is 0 Å². The molecule has 0 fully saturated rings. The maximum Gasteiger partial charge on any atom is 0.118 e. The van der Waals surface area contributed by atoms with Crippen molar-refractivity contribution in [1.82, 2.24) is 9.80 Å². The molecule has 0 saturated heterocycles. The summed E-state index contributed by atoms with van der Waals surface area (Å²) in [6.07, 6.45) is 0. The van der Waals surface area contributed by atoms with E-state index >= 15 is 0 Å². The maximum absolute atomic E-state index is 6.13. The molecular weight excluding hydrogens is 332 g/mol. The van der Waals surface area contributed by atoms with Gasteiger partial charge in [0.2, 0.25) is 0 Å². The van der Waals surface area contributed by atoms with Crippen molar-refractivity contribution in [3.05, 3.63) is 12.1 Å². The second-order valence-electron chi connectivity index (χ2n) is 7.15. The monoisotopic (exact) mass is 366 g/mol. The molecule has 0 amide bonds. The van der Waals surface area contributed by atoms with Crippen LogP contribution >= 0.6 is 0 Å². The molecule has 2 radical (unpaired) electrons. The third kappa shape index (κ3) is 6.97. The van der Waals surface area contributed by atoms with Gasteiger partial charge in [-0.1, -0.05) is 26.2 Å². The van der Waals surface area contributed by atoms with Gasteiger partial charge in [-0.2, -0.15) is 0 Å². The Morgan fingerprint density at radius 1 is 0.708 bits per heavy atom. The summed E-state index contributed by atoms with van der Waals surface area (Å²) in [4.78, 5) is 4.30. The summed E-state index contributed by atoms with van der Waals surface area (Å²) in [6.45, 7) is 12.6. The molecule has 0 aliphatic carbocycles. The average Bonchev–Trinajstić information content (AvgIpc) is 2.46. The second kappa shape index (κ2) is 10.2. The van der Waals surface area contributed by atoms with Crippen molar-refractivity contribution < 1.29 is 9.47 Å². The summed E-state index contributed by atoms with van der Waals surface area (Å²) in [6, 6.07) is 4.50. The van der Waals surface area contributed by atoms with Crippen LogP contribution in [-0.2, 0) is 0 Å². The van der Waals surface area contributed by atoms with Gasteiger partial charge in [-0.3, -0.25) is 0 Å². The van der Waals surface area contributed by atoms with Gasteiger partial charge in [0.25, 0.3) is 0 Å². The molecule has 0 N–H and O–H groups in total. The molecule has 0 aliphatic heterocycles. The van der Waals surface area contributed by atoms with Crippen LogP contribution in [0.4, 0.5) is 0 Å². The normalized spacial score (nSPS) is 11.8. The molecule has 1 rings (SSSR count). The smallest absolute Gasteiger partial charge is 0.118 e. The van der Waals surface area contributed by atoms with Crippen LogP contribution < -0.4 is 19.8 Å². The largest absolute Gasteiger partial charge is 0.492 e. The zero-order valence-electron chi connectivity index (χ0n) is 16.7. The van der Waals surface area contributed by atoms with Crippen LogP contribution in [0.25, 0.3) is 0 Å². The van der Waals surface area contributed by atoms with E-state index in [9.17, 15) is 0 Å². The van der Waals surface area contributed by atoms with E-state index in [1.165, 1.54) is 10.4 Å². The van der Waals surface area contributed by atoms with E-state index in [0.29, 0.717) is 0 Å². The van der Waals surface area contributed by atoms with Gasteiger partial charge in [-0.25, -0.2) is 0 Å². The van der Waals surface area contributed by atoms with E-state index in [2.05, 4.69) is 76.3 Å². The lowest BCUT2D eigenvalue weighted by atomic mass is 10.3. The number of ether oxygens (including phenoxy) is 2. The number of likely N-dealkylation sites (N-methyl/N-ethyl adjacent to an activating group) is 2. The lowest BCUT2D eigenvalue weighted by molar-refractivity contribution is 0.258. The summed E-state index contributed by atoms with van der Waals surface area (Å²) in [7, 11) is 7.07. The topological polar surface area (TPSA) is 24.9 Å². The van der Waals surface area contributed by atoms with Crippen molar-refractivity contribution in [2.24, 2.45) is 0 Å². The van der Waals surface area contributed by atoms with Crippen molar-refractivity contribution in [3.63, 3.8) is 0 Å². The lowest BCUT2D eigenvalue weighted by Gasteiger charge is -2.21. The Bertz CT molecular complexity index is 460. The lowest BCUT2D eigenvalue weighted by Crippen LogP contribution is -2.34. The molecule has 0 aliphatic rings. The first kappa shape index (κ1) is 21.2. The Balaban J connectivity index is 3.04. The first-order valence-corrected chi connectivity index (χ1v) is 13.6. The predicted molar refractivity (Wildman–Crippen MR) is 109 cm³/mol. The fourth-order valence-corrected chi connectivity index (χ4v) is 4.37. The van der Waals surface area contributed by atoms with Crippen LogP contribution in [0.2, 0.25) is 26.2 Å². The highest BCUT2D eigenvalue weighted by molar-refractivity contribution is 6.74. The first-order valence-electron chi connectivity index (χ1n) is 8.56. The SMILES string of the molecule is CN(C)CCOc1cc([Si](C)C)c(OCCN(C)C)cc1[Si](C)C. The van der Waals surface area contributed by atoms with Gasteiger partial charge in [0.15, 0.2) is 0 Å². The highest BCUT2D eigenvalue weighted by Gasteiger charge is 2.18. The van der Waals surface area contributed by atoms with Crippen LogP contribution in [0.15, 0.2) is 12.1 Å². The molecule has 4 nitrogen and oxygen atoms in total. The molecular formula is C18H34N2O2Si2. The molecule has 0 atom stereocenters. The maximum atomic E-state index is 6.13. The molecule has 6 heteroatoms. The Hall–Kier alpha value is -0.826. The zero-order chi connectivity index (χ0) is 18.3. The summed E-state index contributed by atoms with van der Waals surface area (Å²) in [5.41, 5.74) is 0. The molecule has 24 heavy (non-hydrogen) atoms. The van der Waals surface area contributed by atoms with Gasteiger partial charge in [0.1, 0.15) is 24.7 Å². The summed E-state index contributed by atoms with van der Waals surface area (Å²) < 4.78 is 12.3. The molecule has 1 aromatic rings. The third-order valence-electron chi connectivity index (χ3n) is 3.75. The van der Waals surface area contributed by atoms with E-state index in [1.807, 2.05) is 0 Å². The van der Waals surface area contributed by atoms with Gasteiger partial charge in [-0.05, 0) is 50.7 Å². The first-order chi connectivity index (χ1) is 11.2. The number of hydrogen-bond donors (Lipinski definition) is 0. The average molecular weight is 367 g/mol. The molecule has 0 unspecified atom stereocenters. The van der Waals surface area contributed by atoms with Crippen molar-refractivity contribution in [3.8, 4) is 11.5 Å². The number of hydrogen-bond acceptors (Lipinski definition) is 4. The van der Waals surface area contributed by atoms with Gasteiger partial charge in [-0.15, -0.1) is 0 Å². The van der Waals surface area contributed by atoms with Crippen molar-refractivity contribution in [2.75, 3.05) is 54.5 Å². The number of rotatable bonds is 10. The van der Waals surface area contributed by atoms with E-state index in [0.717, 1.165) is 37.8 Å². The predicted octanol–water partition coefficient (Wildman–Crippen LogP) is 1.49. The minimum atomic E-state index is -0.614. The van der Waals surface area contributed by atoms with Gasteiger partial charge < -0.3 is 19.3 Å². The highest BCUT2D eigenvalue weighted by atomic mass is 28.3. The fraction of sp³-hybridized carbons (Fsp3) is 0.667. The molecule has 0 spiro atoms.